The molecule has 2 nitrogen and oxygen atoms in total. The molecular weight excluding hydrogens is 208 g/mol. The predicted octanol–water partition coefficient (Wildman–Crippen LogP) is 3.60. The summed E-state index contributed by atoms with van der Waals surface area (Å²) in [7, 11) is 0. The summed E-state index contributed by atoms with van der Waals surface area (Å²) in [5, 5.41) is 6.25. The van der Waals surface area contributed by atoms with Crippen molar-refractivity contribution >= 4 is 0 Å². The minimum absolute atomic E-state index is 1.17. The van der Waals surface area contributed by atoms with Crippen molar-refractivity contribution in [1.82, 2.24) is 0 Å². The molecular formula is C15H24N2. The molecule has 0 aromatic carbocycles. The minimum Gasteiger partial charge on any atom is -0.512 e. The van der Waals surface area contributed by atoms with E-state index in [1.807, 2.05) is 0 Å². The number of hydrogen-bond donors (Lipinski definition) is 0. The second-order valence-electron chi connectivity index (χ2n) is 4.26. The molecule has 0 bridgehead atoms. The number of rotatable bonds is 7. The molecule has 0 atom stereocenters. The van der Waals surface area contributed by atoms with Gasteiger partial charge in [-0.05, 0) is 25.3 Å². The van der Waals surface area contributed by atoms with Gasteiger partial charge in [-0.3, -0.25) is 0 Å². The summed E-state index contributed by atoms with van der Waals surface area (Å²) in [5.74, 6) is 0. The van der Waals surface area contributed by atoms with E-state index in [1.54, 1.807) is 0 Å². The monoisotopic (exact) mass is 232 g/mol. The Morgan fingerprint density at radius 1 is 1.12 bits per heavy atom. The molecule has 0 unspecified atom stereocenters. The third-order valence-electron chi connectivity index (χ3n) is 2.76. The summed E-state index contributed by atoms with van der Waals surface area (Å²) in [5.41, 5.74) is 1.48. The van der Waals surface area contributed by atoms with Gasteiger partial charge in [0, 0.05) is 18.1 Å². The third kappa shape index (κ3) is 7.52. The van der Waals surface area contributed by atoms with Crippen LogP contribution in [-0.2, 0) is 13.0 Å². The van der Waals surface area contributed by atoms with Crippen LogP contribution in [0.2, 0.25) is 0 Å². The first-order chi connectivity index (χ1) is 8.36. The number of aryl methyl sites for hydroxylation is 2. The fraction of sp³-hybridized carbons (Fsp3) is 0.600. The van der Waals surface area contributed by atoms with Gasteiger partial charge in [0.25, 0.3) is 0 Å². The topological polar surface area (TPSA) is 27.7 Å². The van der Waals surface area contributed by atoms with E-state index in [4.69, 9.17) is 11.8 Å². The fourth-order valence-corrected chi connectivity index (χ4v) is 1.79. The lowest BCUT2D eigenvalue weighted by Crippen LogP contribution is -2.33. The Hall–Kier alpha value is -1.36. The Labute approximate surface area is 106 Å². The van der Waals surface area contributed by atoms with E-state index < -0.39 is 0 Å². The standard InChI is InChI=1S/C14H24N.CN/c1-3-5-7-11-15-12-8-10-14(13-15)9-6-4-2;1-2/h8,10,12-13H,3-7,9,11H2,1-2H3;/q+1;-1. The predicted molar refractivity (Wildman–Crippen MR) is 69.7 cm³/mol. The highest BCUT2D eigenvalue weighted by molar-refractivity contribution is 5.05. The van der Waals surface area contributed by atoms with Crippen LogP contribution in [0, 0.1) is 11.8 Å². The van der Waals surface area contributed by atoms with Crippen LogP contribution < -0.4 is 4.57 Å². The lowest BCUT2D eigenvalue weighted by atomic mass is 10.1. The molecule has 0 fully saturated rings. The van der Waals surface area contributed by atoms with Crippen molar-refractivity contribution in [3.8, 4) is 0 Å². The van der Waals surface area contributed by atoms with Gasteiger partial charge in [-0.2, -0.15) is 0 Å². The second-order valence-corrected chi connectivity index (χ2v) is 4.26. The van der Waals surface area contributed by atoms with Gasteiger partial charge < -0.3 is 11.8 Å². The summed E-state index contributed by atoms with van der Waals surface area (Å²) in [6.07, 6.45) is 12.3. The van der Waals surface area contributed by atoms with Gasteiger partial charge in [-0.25, -0.2) is 4.57 Å². The maximum Gasteiger partial charge on any atom is 0.171 e. The highest BCUT2D eigenvalue weighted by atomic mass is 14.9. The fourth-order valence-electron chi connectivity index (χ4n) is 1.79. The molecule has 1 heterocycles. The number of pyridine rings is 1. The molecule has 17 heavy (non-hydrogen) atoms. The molecule has 0 N–H and O–H groups in total. The molecule has 1 aromatic rings. The van der Waals surface area contributed by atoms with Gasteiger partial charge in [-0.1, -0.05) is 26.7 Å². The van der Waals surface area contributed by atoms with Crippen molar-refractivity contribution in [2.75, 3.05) is 0 Å². The molecule has 2 heteroatoms. The van der Waals surface area contributed by atoms with Gasteiger partial charge in [0.1, 0.15) is 6.54 Å². The molecule has 1 rings (SSSR count). The van der Waals surface area contributed by atoms with Crippen molar-refractivity contribution in [2.45, 2.75) is 58.9 Å². The first kappa shape index (κ1) is 15.6. The van der Waals surface area contributed by atoms with Crippen LogP contribution >= 0.6 is 0 Å². The van der Waals surface area contributed by atoms with Crippen LogP contribution in [0.1, 0.15) is 51.5 Å². The van der Waals surface area contributed by atoms with Gasteiger partial charge >= 0.3 is 0 Å². The molecule has 0 amide bonds. The summed E-state index contributed by atoms with van der Waals surface area (Å²) in [4.78, 5) is 0. The molecule has 0 aliphatic rings. The van der Waals surface area contributed by atoms with Crippen LogP contribution in [0.15, 0.2) is 24.5 Å². The number of nitrogens with zero attached hydrogens (tertiary/aromatic N) is 2. The molecule has 0 saturated carbocycles. The maximum absolute atomic E-state index is 6.25. The van der Waals surface area contributed by atoms with E-state index in [0.29, 0.717) is 0 Å². The van der Waals surface area contributed by atoms with Crippen LogP contribution in [0.4, 0.5) is 0 Å². The van der Waals surface area contributed by atoms with Gasteiger partial charge in [0.15, 0.2) is 12.4 Å². The Bertz CT molecular complexity index is 305. The molecule has 0 spiro atoms. The van der Waals surface area contributed by atoms with E-state index in [2.05, 4.69) is 42.9 Å². The van der Waals surface area contributed by atoms with Gasteiger partial charge in [-0.15, -0.1) is 0 Å². The van der Waals surface area contributed by atoms with E-state index >= 15 is 0 Å². The highest BCUT2D eigenvalue weighted by Crippen LogP contribution is 2.02. The lowest BCUT2D eigenvalue weighted by Gasteiger charge is -2.00. The Kier molecular flexibility index (Phi) is 10.2. The zero-order chi connectivity index (χ0) is 12.9. The number of aromatic nitrogens is 1. The zero-order valence-corrected chi connectivity index (χ0v) is 11.2. The molecule has 1 aromatic heterocycles. The van der Waals surface area contributed by atoms with Crippen molar-refractivity contribution < 1.29 is 4.57 Å². The molecule has 0 radical (unpaired) electrons. The first-order valence-electron chi connectivity index (χ1n) is 6.57. The van der Waals surface area contributed by atoms with Gasteiger partial charge in [0.2, 0.25) is 0 Å². The summed E-state index contributed by atoms with van der Waals surface area (Å²) < 4.78 is 2.33. The average Bonchev–Trinajstić information content (AvgIpc) is 2.40. The summed E-state index contributed by atoms with van der Waals surface area (Å²) >= 11 is 0. The van der Waals surface area contributed by atoms with Gasteiger partial charge in [0.05, 0.1) is 0 Å². The smallest absolute Gasteiger partial charge is 0.171 e. The van der Waals surface area contributed by atoms with Crippen LogP contribution in [0.3, 0.4) is 0 Å². The largest absolute Gasteiger partial charge is 0.512 e. The van der Waals surface area contributed by atoms with E-state index in [9.17, 15) is 0 Å². The lowest BCUT2D eigenvalue weighted by molar-refractivity contribution is -0.697. The quantitative estimate of drug-likeness (QED) is 0.401. The number of hydrogen-bond acceptors (Lipinski definition) is 1. The Morgan fingerprint density at radius 3 is 2.47 bits per heavy atom. The Balaban J connectivity index is 0.00000121. The normalized spacial score (nSPS) is 9.41. The second kappa shape index (κ2) is 11.1. The van der Waals surface area contributed by atoms with Crippen molar-refractivity contribution in [1.29, 1.82) is 5.26 Å². The van der Waals surface area contributed by atoms with E-state index in [-0.39, 0.29) is 0 Å². The van der Waals surface area contributed by atoms with Crippen molar-refractivity contribution in [3.63, 3.8) is 0 Å². The molecule has 0 saturated heterocycles. The van der Waals surface area contributed by atoms with Crippen LogP contribution in [0.5, 0.6) is 0 Å². The first-order valence-corrected chi connectivity index (χ1v) is 6.57. The van der Waals surface area contributed by atoms with Crippen LogP contribution in [-0.4, -0.2) is 0 Å². The van der Waals surface area contributed by atoms with E-state index in [0.717, 1.165) is 0 Å². The summed E-state index contributed by atoms with van der Waals surface area (Å²) in [6, 6.07) is 4.42. The SMILES string of the molecule is CCCCC[n+]1cccc(CCCC)c1.[C-]#N. The molecule has 94 valence electrons. The molecule has 0 aliphatic heterocycles. The maximum atomic E-state index is 6.25. The van der Waals surface area contributed by atoms with E-state index in [1.165, 1.54) is 50.6 Å². The van der Waals surface area contributed by atoms with Crippen molar-refractivity contribution in [2.24, 2.45) is 0 Å². The minimum atomic E-state index is 1.17. The number of unbranched alkanes of at least 4 members (excludes halogenated alkanes) is 3. The zero-order valence-electron chi connectivity index (χ0n) is 11.2. The van der Waals surface area contributed by atoms with Crippen molar-refractivity contribution in [3.05, 3.63) is 36.7 Å². The average molecular weight is 232 g/mol. The molecule has 0 aliphatic carbocycles. The van der Waals surface area contributed by atoms with Crippen LogP contribution in [0.25, 0.3) is 0 Å². The Morgan fingerprint density at radius 2 is 1.82 bits per heavy atom. The third-order valence-corrected chi connectivity index (χ3v) is 2.76. The highest BCUT2D eigenvalue weighted by Gasteiger charge is 2.01. The summed E-state index contributed by atoms with van der Waals surface area (Å²) in [6.45, 7) is 10.4.